The first-order chi connectivity index (χ1) is 14.6. The van der Waals surface area contributed by atoms with E-state index in [2.05, 4.69) is 4.72 Å². The summed E-state index contributed by atoms with van der Waals surface area (Å²) < 4.78 is 28.5. The Balaban J connectivity index is 1.65. The zero-order valence-corrected chi connectivity index (χ0v) is 18.0. The molecule has 0 spiro atoms. The fourth-order valence-corrected chi connectivity index (χ4v) is 6.61. The normalized spacial score (nSPS) is 22.7. The predicted molar refractivity (Wildman–Crippen MR) is 116 cm³/mol. The number of sulfonamides is 1. The van der Waals surface area contributed by atoms with E-state index in [0.29, 0.717) is 10.4 Å². The molecule has 0 aliphatic heterocycles. The van der Waals surface area contributed by atoms with Crippen molar-refractivity contribution in [3.05, 3.63) is 77.9 Å². The maximum atomic E-state index is 13.1. The maximum Gasteiger partial charge on any atom is 0.335 e. The Morgan fingerprint density at radius 2 is 1.71 bits per heavy atom. The average molecular weight is 458 g/mol. The standard InChI is InChI=1S/C22H19NO6S2/c1-21(16-8-3-2-4-9-16)13-22(21,20(26)27)23-31(28,29)18-11-10-17(30-18)14-6-5-7-15(12-14)19(24)25/h2-12,23H,13H2,1H3,(H,24,25)(H,26,27)/t21-,22-/m1/s1. The molecular weight excluding hydrogens is 438 g/mol. The highest BCUT2D eigenvalue weighted by Gasteiger charge is 2.72. The number of rotatable bonds is 7. The molecule has 31 heavy (non-hydrogen) atoms. The summed E-state index contributed by atoms with van der Waals surface area (Å²) in [5.74, 6) is -2.31. The third-order valence-electron chi connectivity index (χ3n) is 5.76. The molecule has 1 fully saturated rings. The van der Waals surface area contributed by atoms with E-state index < -0.39 is 32.9 Å². The van der Waals surface area contributed by atoms with Crippen LogP contribution in [0.1, 0.15) is 29.3 Å². The second kappa shape index (κ2) is 7.30. The molecule has 1 heterocycles. The zero-order chi connectivity index (χ0) is 22.4. The number of nitrogens with one attached hydrogen (secondary N) is 1. The molecule has 4 rings (SSSR count). The van der Waals surface area contributed by atoms with Gasteiger partial charge in [-0.3, -0.25) is 4.79 Å². The molecule has 0 bridgehead atoms. The van der Waals surface area contributed by atoms with Crippen molar-refractivity contribution < 1.29 is 28.2 Å². The van der Waals surface area contributed by atoms with Crippen LogP contribution in [0.15, 0.2) is 70.9 Å². The minimum absolute atomic E-state index is 0.0360. The first-order valence-corrected chi connectivity index (χ1v) is 11.7. The van der Waals surface area contributed by atoms with Crippen LogP contribution in [0.3, 0.4) is 0 Å². The van der Waals surface area contributed by atoms with Crippen LogP contribution in [-0.4, -0.2) is 36.1 Å². The summed E-state index contributed by atoms with van der Waals surface area (Å²) in [6, 6.07) is 18.1. The van der Waals surface area contributed by atoms with Gasteiger partial charge in [0.05, 0.1) is 5.56 Å². The van der Waals surface area contributed by atoms with E-state index in [4.69, 9.17) is 5.11 Å². The highest BCUT2D eigenvalue weighted by molar-refractivity contribution is 7.91. The van der Waals surface area contributed by atoms with Gasteiger partial charge in [0.15, 0.2) is 0 Å². The second-order valence-corrected chi connectivity index (χ2v) is 10.7. The monoisotopic (exact) mass is 457 g/mol. The van der Waals surface area contributed by atoms with Crippen LogP contribution in [0.25, 0.3) is 10.4 Å². The van der Waals surface area contributed by atoms with E-state index in [1.54, 1.807) is 49.4 Å². The summed E-state index contributed by atoms with van der Waals surface area (Å²) >= 11 is 0.953. The zero-order valence-electron chi connectivity index (χ0n) is 16.4. The van der Waals surface area contributed by atoms with Gasteiger partial charge < -0.3 is 10.2 Å². The third-order valence-corrected chi connectivity index (χ3v) is 8.88. The Morgan fingerprint density at radius 1 is 1.00 bits per heavy atom. The number of benzene rings is 2. The second-order valence-electron chi connectivity index (χ2n) is 7.70. The lowest BCUT2D eigenvalue weighted by Gasteiger charge is -2.20. The van der Waals surface area contributed by atoms with Crippen LogP contribution in [-0.2, 0) is 20.2 Å². The number of aliphatic carboxylic acids is 1. The van der Waals surface area contributed by atoms with Gasteiger partial charge in [-0.25, -0.2) is 13.2 Å². The summed E-state index contributed by atoms with van der Waals surface area (Å²) in [6.45, 7) is 1.73. The van der Waals surface area contributed by atoms with Gasteiger partial charge >= 0.3 is 11.9 Å². The van der Waals surface area contributed by atoms with Crippen molar-refractivity contribution in [2.24, 2.45) is 0 Å². The average Bonchev–Trinajstić information content (AvgIpc) is 3.11. The third kappa shape index (κ3) is 3.54. The fraction of sp³-hybridized carbons (Fsp3) is 0.182. The Hall–Kier alpha value is -3.01. The van der Waals surface area contributed by atoms with E-state index in [9.17, 15) is 23.1 Å². The minimum atomic E-state index is -4.12. The van der Waals surface area contributed by atoms with Gasteiger partial charge in [0.25, 0.3) is 10.0 Å². The van der Waals surface area contributed by atoms with Gasteiger partial charge in [-0.15, -0.1) is 11.3 Å². The highest BCUT2D eigenvalue weighted by atomic mass is 32.2. The van der Waals surface area contributed by atoms with Crippen molar-refractivity contribution >= 4 is 33.3 Å². The molecule has 7 nitrogen and oxygen atoms in total. The number of carboxylic acids is 2. The van der Waals surface area contributed by atoms with Gasteiger partial charge in [0, 0.05) is 10.3 Å². The molecule has 2 aromatic carbocycles. The Labute approximate surface area is 183 Å². The van der Waals surface area contributed by atoms with Crippen molar-refractivity contribution in [3.63, 3.8) is 0 Å². The Kier molecular flexibility index (Phi) is 5.00. The van der Waals surface area contributed by atoms with Crippen molar-refractivity contribution in [2.75, 3.05) is 0 Å². The molecule has 3 aromatic rings. The smallest absolute Gasteiger partial charge is 0.335 e. The quantitative estimate of drug-likeness (QED) is 0.499. The summed E-state index contributed by atoms with van der Waals surface area (Å²) in [5, 5.41) is 19.1. The van der Waals surface area contributed by atoms with Gasteiger partial charge in [-0.1, -0.05) is 49.4 Å². The lowest BCUT2D eigenvalue weighted by molar-refractivity contribution is -0.140. The number of hydrogen-bond acceptors (Lipinski definition) is 5. The van der Waals surface area contributed by atoms with Crippen molar-refractivity contribution in [1.29, 1.82) is 0 Å². The molecule has 0 unspecified atom stereocenters. The summed E-state index contributed by atoms with van der Waals surface area (Å²) in [4.78, 5) is 23.9. The molecule has 0 saturated heterocycles. The molecule has 0 amide bonds. The molecule has 3 N–H and O–H groups in total. The number of thiophene rings is 1. The molecule has 2 atom stereocenters. The van der Waals surface area contributed by atoms with E-state index >= 15 is 0 Å². The van der Waals surface area contributed by atoms with Crippen LogP contribution < -0.4 is 4.72 Å². The molecule has 1 aromatic heterocycles. The maximum absolute atomic E-state index is 13.1. The van der Waals surface area contributed by atoms with Gasteiger partial charge in [0.2, 0.25) is 0 Å². The lowest BCUT2D eigenvalue weighted by Crippen LogP contribution is -2.47. The van der Waals surface area contributed by atoms with Crippen molar-refractivity contribution in [3.8, 4) is 10.4 Å². The van der Waals surface area contributed by atoms with Crippen LogP contribution in [0, 0.1) is 0 Å². The van der Waals surface area contributed by atoms with Crippen LogP contribution in [0.4, 0.5) is 0 Å². The lowest BCUT2D eigenvalue weighted by atomic mass is 9.93. The molecule has 0 radical (unpaired) electrons. The number of carboxylic acid groups (broad SMARTS) is 2. The molecule has 9 heteroatoms. The first-order valence-electron chi connectivity index (χ1n) is 9.36. The molecule has 160 valence electrons. The van der Waals surface area contributed by atoms with E-state index in [0.717, 1.165) is 16.9 Å². The number of aromatic carboxylic acids is 1. The van der Waals surface area contributed by atoms with Crippen LogP contribution in [0.5, 0.6) is 0 Å². The van der Waals surface area contributed by atoms with Crippen molar-refractivity contribution in [2.45, 2.75) is 28.5 Å². The predicted octanol–water partition coefficient (Wildman–Crippen LogP) is 3.58. The van der Waals surface area contributed by atoms with Gasteiger partial charge in [-0.2, -0.15) is 4.72 Å². The molecule has 1 aliphatic carbocycles. The van der Waals surface area contributed by atoms with Crippen molar-refractivity contribution in [1.82, 2.24) is 4.72 Å². The summed E-state index contributed by atoms with van der Waals surface area (Å²) in [7, 11) is -4.12. The van der Waals surface area contributed by atoms with Crippen LogP contribution >= 0.6 is 11.3 Å². The summed E-state index contributed by atoms with van der Waals surface area (Å²) in [6.07, 6.45) is 0.136. The van der Waals surface area contributed by atoms with E-state index in [1.165, 1.54) is 18.2 Å². The minimum Gasteiger partial charge on any atom is -0.480 e. The topological polar surface area (TPSA) is 121 Å². The fourth-order valence-electron chi connectivity index (χ4n) is 3.85. The van der Waals surface area contributed by atoms with Gasteiger partial charge in [0.1, 0.15) is 9.75 Å². The van der Waals surface area contributed by atoms with Gasteiger partial charge in [-0.05, 0) is 41.8 Å². The molecule has 1 saturated carbocycles. The molecule has 1 aliphatic rings. The number of hydrogen-bond donors (Lipinski definition) is 3. The summed E-state index contributed by atoms with van der Waals surface area (Å²) in [5.41, 5.74) is -1.10. The van der Waals surface area contributed by atoms with E-state index in [1.807, 2.05) is 6.07 Å². The Morgan fingerprint density at radius 3 is 2.35 bits per heavy atom. The molecular formula is C22H19NO6S2. The first kappa shape index (κ1) is 21.2. The SMILES string of the molecule is C[C@]1(c2ccccc2)C[C@@]1(NS(=O)(=O)c1ccc(-c2cccc(C(=O)O)c2)s1)C(=O)O. The van der Waals surface area contributed by atoms with Crippen LogP contribution in [0.2, 0.25) is 0 Å². The Bertz CT molecular complexity index is 1280. The number of carbonyl (C=O) groups is 2. The van der Waals surface area contributed by atoms with E-state index in [-0.39, 0.29) is 16.2 Å². The largest absolute Gasteiger partial charge is 0.480 e. The highest BCUT2D eigenvalue weighted by Crippen LogP contribution is 2.58.